The molecule has 3 amide bonds. The van der Waals surface area contributed by atoms with Crippen molar-refractivity contribution in [2.75, 3.05) is 46.2 Å². The maximum Gasteiger partial charge on any atom is 0.243 e. The minimum absolute atomic E-state index is 0.0332. The van der Waals surface area contributed by atoms with Crippen LogP contribution in [0, 0.1) is 0 Å². The molecule has 0 unspecified atom stereocenters. The van der Waals surface area contributed by atoms with Crippen LogP contribution in [0.25, 0.3) is 0 Å². The molecule has 0 aromatic carbocycles. The summed E-state index contributed by atoms with van der Waals surface area (Å²) in [5, 5.41) is 8.21. The van der Waals surface area contributed by atoms with Crippen molar-refractivity contribution in [3.8, 4) is 0 Å². The Kier molecular flexibility index (Phi) is 14.8. The molecule has 0 aliphatic carbocycles. The standard InChI is InChI=1S/C16H32N4O3S2/c1-17-9-10-19-16(23)13(12-14(21)18-2)20(3)15(22)8-6-5-7-11-25-24-4/h13,17H,5-12H2,1-4H3,(H,18,21)(H,19,23)/t13-/m0/s1. The van der Waals surface area contributed by atoms with Gasteiger partial charge in [0.15, 0.2) is 0 Å². The normalized spacial score (nSPS) is 11.7. The molecular weight excluding hydrogens is 360 g/mol. The van der Waals surface area contributed by atoms with Crippen LogP contribution in [-0.2, 0) is 14.4 Å². The SMILES string of the molecule is CNCCNC(=O)[C@H](CC(=O)NC)N(C)C(=O)CCCCCSSC. The number of unbranched alkanes of at least 4 members (excludes halogenated alkanes) is 2. The van der Waals surface area contributed by atoms with Gasteiger partial charge in [0, 0.05) is 39.4 Å². The highest BCUT2D eigenvalue weighted by atomic mass is 33.1. The molecule has 7 nitrogen and oxygen atoms in total. The number of likely N-dealkylation sites (N-methyl/N-ethyl adjacent to an activating group) is 2. The summed E-state index contributed by atoms with van der Waals surface area (Å²) in [7, 11) is 8.48. The second-order valence-corrected chi connectivity index (χ2v) is 8.28. The van der Waals surface area contributed by atoms with Crippen molar-refractivity contribution in [2.24, 2.45) is 0 Å². The number of rotatable bonds is 14. The molecular formula is C16H32N4O3S2. The minimum atomic E-state index is -0.781. The van der Waals surface area contributed by atoms with Gasteiger partial charge in [-0.2, -0.15) is 0 Å². The van der Waals surface area contributed by atoms with E-state index in [9.17, 15) is 14.4 Å². The second kappa shape index (κ2) is 15.3. The van der Waals surface area contributed by atoms with Crippen LogP contribution < -0.4 is 16.0 Å². The van der Waals surface area contributed by atoms with Gasteiger partial charge >= 0.3 is 0 Å². The van der Waals surface area contributed by atoms with Crippen LogP contribution in [0.15, 0.2) is 0 Å². The molecule has 0 aromatic rings. The van der Waals surface area contributed by atoms with Crippen molar-refractivity contribution in [2.45, 2.75) is 38.1 Å². The minimum Gasteiger partial charge on any atom is -0.359 e. The highest BCUT2D eigenvalue weighted by Gasteiger charge is 2.28. The molecule has 0 bridgehead atoms. The topological polar surface area (TPSA) is 90.5 Å². The highest BCUT2D eigenvalue weighted by molar-refractivity contribution is 8.76. The summed E-state index contributed by atoms with van der Waals surface area (Å²) in [4.78, 5) is 37.8. The van der Waals surface area contributed by atoms with Gasteiger partial charge in [-0.15, -0.1) is 0 Å². The van der Waals surface area contributed by atoms with E-state index < -0.39 is 6.04 Å². The summed E-state index contributed by atoms with van der Waals surface area (Å²) in [6.07, 6.45) is 5.28. The maximum absolute atomic E-state index is 12.4. The first-order valence-corrected chi connectivity index (χ1v) is 11.2. The van der Waals surface area contributed by atoms with Crippen molar-refractivity contribution in [3.63, 3.8) is 0 Å². The molecule has 0 rings (SSSR count). The Balaban J connectivity index is 4.51. The Hall–Kier alpha value is -0.930. The van der Waals surface area contributed by atoms with Crippen LogP contribution in [0.3, 0.4) is 0 Å². The Morgan fingerprint density at radius 3 is 2.40 bits per heavy atom. The number of nitrogens with zero attached hydrogens (tertiary/aromatic N) is 1. The van der Waals surface area contributed by atoms with Crippen LogP contribution in [0.5, 0.6) is 0 Å². The van der Waals surface area contributed by atoms with Gasteiger partial charge in [-0.05, 0) is 26.1 Å². The van der Waals surface area contributed by atoms with E-state index in [1.165, 1.54) is 11.9 Å². The molecule has 0 spiro atoms. The fraction of sp³-hybridized carbons (Fsp3) is 0.812. The van der Waals surface area contributed by atoms with Crippen molar-refractivity contribution in [3.05, 3.63) is 0 Å². The van der Waals surface area contributed by atoms with Gasteiger partial charge in [-0.25, -0.2) is 0 Å². The number of carbonyl (C=O) groups excluding carboxylic acids is 3. The fourth-order valence-corrected chi connectivity index (χ4v) is 3.50. The van der Waals surface area contributed by atoms with E-state index in [4.69, 9.17) is 0 Å². The third-order valence-electron chi connectivity index (χ3n) is 3.73. The van der Waals surface area contributed by atoms with Gasteiger partial charge in [0.25, 0.3) is 0 Å². The third kappa shape index (κ3) is 11.3. The van der Waals surface area contributed by atoms with E-state index in [0.29, 0.717) is 19.5 Å². The predicted octanol–water partition coefficient (Wildman–Crippen LogP) is 0.857. The molecule has 0 saturated heterocycles. The summed E-state index contributed by atoms with van der Waals surface area (Å²) in [6, 6.07) is -0.781. The summed E-state index contributed by atoms with van der Waals surface area (Å²) in [5.74, 6) is 0.419. The van der Waals surface area contributed by atoms with Gasteiger partial charge < -0.3 is 20.9 Å². The fourth-order valence-electron chi connectivity index (χ4n) is 2.16. The monoisotopic (exact) mass is 392 g/mol. The number of nitrogens with one attached hydrogen (secondary N) is 3. The highest BCUT2D eigenvalue weighted by Crippen LogP contribution is 2.19. The van der Waals surface area contributed by atoms with Crippen molar-refractivity contribution < 1.29 is 14.4 Å². The Bertz CT molecular complexity index is 411. The first-order valence-electron chi connectivity index (χ1n) is 8.52. The Morgan fingerprint density at radius 1 is 1.08 bits per heavy atom. The van der Waals surface area contributed by atoms with E-state index >= 15 is 0 Å². The molecule has 1 atom stereocenters. The first kappa shape index (κ1) is 24.1. The average molecular weight is 393 g/mol. The molecule has 3 N–H and O–H groups in total. The molecule has 0 heterocycles. The first-order chi connectivity index (χ1) is 12.0. The van der Waals surface area contributed by atoms with Gasteiger partial charge in [0.05, 0.1) is 6.42 Å². The van der Waals surface area contributed by atoms with Crippen molar-refractivity contribution in [1.29, 1.82) is 0 Å². The number of carbonyl (C=O) groups is 3. The van der Waals surface area contributed by atoms with Crippen molar-refractivity contribution in [1.82, 2.24) is 20.9 Å². The maximum atomic E-state index is 12.4. The van der Waals surface area contributed by atoms with Crippen LogP contribution >= 0.6 is 21.6 Å². The van der Waals surface area contributed by atoms with E-state index in [0.717, 1.165) is 25.0 Å². The summed E-state index contributed by atoms with van der Waals surface area (Å²) in [6.45, 7) is 1.08. The van der Waals surface area contributed by atoms with Gasteiger partial charge in [0.1, 0.15) is 6.04 Å². The lowest BCUT2D eigenvalue weighted by molar-refractivity contribution is -0.141. The Morgan fingerprint density at radius 2 is 1.80 bits per heavy atom. The molecule has 0 aromatic heterocycles. The third-order valence-corrected chi connectivity index (χ3v) is 5.63. The lowest BCUT2D eigenvalue weighted by Crippen LogP contribution is -2.50. The number of amides is 3. The molecule has 0 radical (unpaired) electrons. The lowest BCUT2D eigenvalue weighted by Gasteiger charge is -2.27. The van der Waals surface area contributed by atoms with E-state index in [-0.39, 0.29) is 24.1 Å². The molecule has 0 aliphatic rings. The van der Waals surface area contributed by atoms with Crippen LogP contribution in [0.4, 0.5) is 0 Å². The van der Waals surface area contributed by atoms with Crippen LogP contribution in [-0.4, -0.2) is 74.9 Å². The smallest absolute Gasteiger partial charge is 0.243 e. The molecule has 0 saturated carbocycles. The van der Waals surface area contributed by atoms with Crippen molar-refractivity contribution >= 4 is 39.3 Å². The van der Waals surface area contributed by atoms with Gasteiger partial charge in [-0.1, -0.05) is 28.0 Å². The molecule has 25 heavy (non-hydrogen) atoms. The molecule has 0 fully saturated rings. The zero-order chi connectivity index (χ0) is 19.1. The predicted molar refractivity (Wildman–Crippen MR) is 107 cm³/mol. The largest absolute Gasteiger partial charge is 0.359 e. The van der Waals surface area contributed by atoms with Gasteiger partial charge in [0.2, 0.25) is 17.7 Å². The summed E-state index contributed by atoms with van der Waals surface area (Å²) < 4.78 is 0. The molecule has 0 aliphatic heterocycles. The zero-order valence-electron chi connectivity index (χ0n) is 15.7. The van der Waals surface area contributed by atoms with E-state index in [2.05, 4.69) is 22.2 Å². The van der Waals surface area contributed by atoms with Crippen LogP contribution in [0.2, 0.25) is 0 Å². The Labute approximate surface area is 159 Å². The summed E-state index contributed by atoms with van der Waals surface area (Å²) in [5.41, 5.74) is 0. The van der Waals surface area contributed by atoms with E-state index in [1.54, 1.807) is 24.9 Å². The van der Waals surface area contributed by atoms with Gasteiger partial charge in [-0.3, -0.25) is 14.4 Å². The van der Waals surface area contributed by atoms with Crippen LogP contribution in [0.1, 0.15) is 32.1 Å². The quantitative estimate of drug-likeness (QED) is 0.300. The van der Waals surface area contributed by atoms with E-state index in [1.807, 2.05) is 10.8 Å². The second-order valence-electron chi connectivity index (χ2n) is 5.59. The molecule has 146 valence electrons. The molecule has 9 heteroatoms. The summed E-state index contributed by atoms with van der Waals surface area (Å²) >= 11 is 0. The average Bonchev–Trinajstić information content (AvgIpc) is 2.61. The lowest BCUT2D eigenvalue weighted by atomic mass is 10.1. The number of hydrogen-bond donors (Lipinski definition) is 3. The number of hydrogen-bond acceptors (Lipinski definition) is 6. The zero-order valence-corrected chi connectivity index (χ0v) is 17.4.